The largest absolute Gasteiger partial charge is 0.468 e. The van der Waals surface area contributed by atoms with Crippen molar-refractivity contribution in [2.45, 2.75) is 63.6 Å². The highest BCUT2D eigenvalue weighted by molar-refractivity contribution is 5.75. The highest BCUT2D eigenvalue weighted by Gasteiger charge is 2.34. The number of carbonyl (C=O) groups excluding carboxylic acids is 1. The van der Waals surface area contributed by atoms with Crippen LogP contribution in [0.3, 0.4) is 0 Å². The zero-order chi connectivity index (χ0) is 13.0. The van der Waals surface area contributed by atoms with Gasteiger partial charge in [0.25, 0.3) is 0 Å². The minimum Gasteiger partial charge on any atom is -0.468 e. The summed E-state index contributed by atoms with van der Waals surface area (Å²) in [5, 5.41) is 7.10. The third-order valence-electron chi connectivity index (χ3n) is 4.45. The van der Waals surface area contributed by atoms with Gasteiger partial charge in [-0.15, -0.1) is 0 Å². The number of rotatable bonds is 4. The van der Waals surface area contributed by atoms with Crippen molar-refractivity contribution in [2.75, 3.05) is 13.7 Å². The summed E-state index contributed by atoms with van der Waals surface area (Å²) in [6.07, 6.45) is 7.64. The average molecular weight is 254 g/mol. The second kappa shape index (κ2) is 6.53. The first-order chi connectivity index (χ1) is 8.72. The summed E-state index contributed by atoms with van der Waals surface area (Å²) < 4.78 is 4.80. The van der Waals surface area contributed by atoms with Crippen LogP contribution in [0.25, 0.3) is 0 Å². The highest BCUT2D eigenvalue weighted by atomic mass is 16.5. The summed E-state index contributed by atoms with van der Waals surface area (Å²) in [6.45, 7) is 3.06. The van der Waals surface area contributed by atoms with Gasteiger partial charge in [0, 0.05) is 12.1 Å². The van der Waals surface area contributed by atoms with Crippen LogP contribution in [-0.2, 0) is 9.53 Å². The maximum atomic E-state index is 11.5. The molecule has 2 rings (SSSR count). The van der Waals surface area contributed by atoms with Crippen LogP contribution in [0.2, 0.25) is 0 Å². The van der Waals surface area contributed by atoms with Gasteiger partial charge in [-0.05, 0) is 45.1 Å². The van der Waals surface area contributed by atoms with Crippen molar-refractivity contribution in [1.82, 2.24) is 10.6 Å². The van der Waals surface area contributed by atoms with Crippen molar-refractivity contribution in [1.29, 1.82) is 0 Å². The van der Waals surface area contributed by atoms with Gasteiger partial charge in [-0.3, -0.25) is 4.79 Å². The molecule has 2 aliphatic rings. The molecule has 0 spiro atoms. The summed E-state index contributed by atoms with van der Waals surface area (Å²) in [6, 6.07) is 0.915. The van der Waals surface area contributed by atoms with Crippen molar-refractivity contribution in [3.63, 3.8) is 0 Å². The molecule has 1 aliphatic carbocycles. The van der Waals surface area contributed by atoms with Crippen LogP contribution in [0.1, 0.15) is 45.4 Å². The van der Waals surface area contributed by atoms with Crippen molar-refractivity contribution < 1.29 is 9.53 Å². The summed E-state index contributed by atoms with van der Waals surface area (Å²) in [4.78, 5) is 11.5. The molecule has 4 atom stereocenters. The van der Waals surface area contributed by atoms with Gasteiger partial charge in [0.1, 0.15) is 6.04 Å². The number of carbonyl (C=O) groups is 1. The molecule has 1 saturated carbocycles. The van der Waals surface area contributed by atoms with Crippen molar-refractivity contribution in [3.05, 3.63) is 0 Å². The first-order valence-corrected chi connectivity index (χ1v) is 7.29. The highest BCUT2D eigenvalue weighted by Crippen LogP contribution is 2.30. The van der Waals surface area contributed by atoms with Crippen LogP contribution in [0.4, 0.5) is 0 Å². The van der Waals surface area contributed by atoms with Gasteiger partial charge in [-0.2, -0.15) is 0 Å². The molecule has 0 bridgehead atoms. The smallest absolute Gasteiger partial charge is 0.322 e. The van der Waals surface area contributed by atoms with E-state index in [9.17, 15) is 4.79 Å². The maximum absolute atomic E-state index is 11.5. The molecular formula is C14H26N2O2. The van der Waals surface area contributed by atoms with E-state index in [0.29, 0.717) is 18.0 Å². The molecule has 4 heteroatoms. The van der Waals surface area contributed by atoms with E-state index in [1.165, 1.54) is 45.6 Å². The molecule has 0 aromatic rings. The predicted molar refractivity (Wildman–Crippen MR) is 71.4 cm³/mol. The van der Waals surface area contributed by atoms with Gasteiger partial charge >= 0.3 is 5.97 Å². The summed E-state index contributed by atoms with van der Waals surface area (Å²) in [5.74, 6) is 0.520. The number of hydrogen-bond donors (Lipinski definition) is 2. The fourth-order valence-electron chi connectivity index (χ4n) is 3.49. The minimum absolute atomic E-state index is 0.154. The van der Waals surface area contributed by atoms with Crippen LogP contribution >= 0.6 is 0 Å². The lowest BCUT2D eigenvalue weighted by atomic mass is 9.79. The summed E-state index contributed by atoms with van der Waals surface area (Å²) >= 11 is 0. The molecule has 0 aromatic carbocycles. The van der Waals surface area contributed by atoms with Crippen LogP contribution in [0.15, 0.2) is 0 Å². The van der Waals surface area contributed by atoms with E-state index >= 15 is 0 Å². The topological polar surface area (TPSA) is 50.4 Å². The number of ether oxygens (including phenoxy) is 1. The molecule has 0 aromatic heterocycles. The lowest BCUT2D eigenvalue weighted by Gasteiger charge is -2.37. The van der Waals surface area contributed by atoms with Crippen LogP contribution in [-0.4, -0.2) is 37.7 Å². The van der Waals surface area contributed by atoms with E-state index in [-0.39, 0.29) is 12.0 Å². The Labute approximate surface area is 110 Å². The first kappa shape index (κ1) is 13.8. The quantitative estimate of drug-likeness (QED) is 0.746. The monoisotopic (exact) mass is 254 g/mol. The lowest BCUT2D eigenvalue weighted by Crippen LogP contribution is -2.51. The summed E-state index contributed by atoms with van der Waals surface area (Å²) in [5.41, 5.74) is 0. The van der Waals surface area contributed by atoms with Gasteiger partial charge in [-0.25, -0.2) is 0 Å². The number of nitrogens with one attached hydrogen (secondary N) is 2. The Morgan fingerprint density at radius 2 is 2.06 bits per heavy atom. The molecule has 0 amide bonds. The molecule has 104 valence electrons. The predicted octanol–water partition coefficient (Wildman–Crippen LogP) is 1.45. The Kier molecular flexibility index (Phi) is 5.01. The Morgan fingerprint density at radius 3 is 2.72 bits per heavy atom. The second-order valence-corrected chi connectivity index (χ2v) is 5.67. The molecule has 2 fully saturated rings. The van der Waals surface area contributed by atoms with Crippen molar-refractivity contribution in [2.24, 2.45) is 5.92 Å². The van der Waals surface area contributed by atoms with Gasteiger partial charge in [0.2, 0.25) is 0 Å². The van der Waals surface area contributed by atoms with Gasteiger partial charge in [-0.1, -0.05) is 12.8 Å². The molecule has 1 heterocycles. The van der Waals surface area contributed by atoms with Crippen molar-refractivity contribution in [3.8, 4) is 0 Å². The van der Waals surface area contributed by atoms with E-state index in [1.54, 1.807) is 0 Å². The number of esters is 1. The molecule has 2 N–H and O–H groups in total. The molecular weight excluding hydrogens is 228 g/mol. The SMILES string of the molecule is COC(=O)[C@H](C)NC1CCCCC1C1CCCN1. The fourth-order valence-corrected chi connectivity index (χ4v) is 3.49. The molecule has 4 nitrogen and oxygen atoms in total. The number of hydrogen-bond acceptors (Lipinski definition) is 4. The molecule has 1 aliphatic heterocycles. The van der Waals surface area contributed by atoms with Crippen LogP contribution < -0.4 is 10.6 Å². The zero-order valence-electron chi connectivity index (χ0n) is 11.6. The first-order valence-electron chi connectivity index (χ1n) is 7.29. The maximum Gasteiger partial charge on any atom is 0.322 e. The Bertz CT molecular complexity index is 277. The molecule has 18 heavy (non-hydrogen) atoms. The van der Waals surface area contributed by atoms with Gasteiger partial charge in [0.15, 0.2) is 0 Å². The van der Waals surface area contributed by atoms with Crippen LogP contribution in [0.5, 0.6) is 0 Å². The standard InChI is InChI=1S/C14H26N2O2/c1-10(14(17)18-2)16-13-7-4-3-6-11(13)12-8-5-9-15-12/h10-13,15-16H,3-9H2,1-2H3/t10-,11?,12?,13?/m0/s1. The second-order valence-electron chi connectivity index (χ2n) is 5.67. The third-order valence-corrected chi connectivity index (χ3v) is 4.45. The summed E-state index contributed by atoms with van der Waals surface area (Å²) in [7, 11) is 1.46. The normalized spacial score (nSPS) is 34.2. The van der Waals surface area contributed by atoms with E-state index in [2.05, 4.69) is 10.6 Å². The van der Waals surface area contributed by atoms with Crippen LogP contribution in [0, 0.1) is 5.92 Å². The van der Waals surface area contributed by atoms with Gasteiger partial charge < -0.3 is 15.4 Å². The van der Waals surface area contributed by atoms with E-state index in [1.807, 2.05) is 6.92 Å². The number of methoxy groups -OCH3 is 1. The van der Waals surface area contributed by atoms with Gasteiger partial charge in [0.05, 0.1) is 7.11 Å². The molecule has 1 saturated heterocycles. The fraction of sp³-hybridized carbons (Fsp3) is 0.929. The Hall–Kier alpha value is -0.610. The molecule has 0 radical (unpaired) electrons. The van der Waals surface area contributed by atoms with E-state index in [0.717, 1.165) is 6.54 Å². The zero-order valence-corrected chi connectivity index (χ0v) is 11.6. The van der Waals surface area contributed by atoms with E-state index in [4.69, 9.17) is 4.74 Å². The Balaban J connectivity index is 1.92. The Morgan fingerprint density at radius 1 is 1.28 bits per heavy atom. The van der Waals surface area contributed by atoms with E-state index < -0.39 is 0 Å². The van der Waals surface area contributed by atoms with Crippen molar-refractivity contribution >= 4 is 5.97 Å². The minimum atomic E-state index is -0.193. The molecule has 3 unspecified atom stereocenters. The lowest BCUT2D eigenvalue weighted by molar-refractivity contribution is -0.143. The third kappa shape index (κ3) is 3.23. The average Bonchev–Trinajstić information content (AvgIpc) is 2.92.